The molecule has 0 fully saturated rings. The van der Waals surface area contributed by atoms with E-state index in [4.69, 9.17) is 11.6 Å². The number of nitrogens with zero attached hydrogens (tertiary/aromatic N) is 1. The number of fused-ring (bicyclic) bond motifs is 1. The molecule has 3 nitrogen and oxygen atoms in total. The Labute approximate surface area is 155 Å². The van der Waals surface area contributed by atoms with Crippen molar-refractivity contribution in [2.75, 3.05) is 5.75 Å². The van der Waals surface area contributed by atoms with Gasteiger partial charge in [-0.15, -0.1) is 11.3 Å². The maximum Gasteiger partial charge on any atom is 0.182 e. The van der Waals surface area contributed by atoms with E-state index in [1.54, 1.807) is 48.2 Å². The van der Waals surface area contributed by atoms with Crippen LogP contribution < -0.4 is 0 Å². The second-order valence-corrected chi connectivity index (χ2v) is 10.2. The van der Waals surface area contributed by atoms with Gasteiger partial charge in [0, 0.05) is 5.02 Å². The van der Waals surface area contributed by atoms with E-state index in [0.717, 1.165) is 25.9 Å². The zero-order valence-corrected chi connectivity index (χ0v) is 16.5. The molecule has 24 heavy (non-hydrogen) atoms. The summed E-state index contributed by atoms with van der Waals surface area (Å²) in [7, 11) is -3.44. The van der Waals surface area contributed by atoms with Crippen molar-refractivity contribution in [1.82, 2.24) is 4.98 Å². The Morgan fingerprint density at radius 3 is 2.79 bits per heavy atom. The number of halogens is 1. The lowest BCUT2D eigenvalue weighted by Crippen LogP contribution is -2.07. The summed E-state index contributed by atoms with van der Waals surface area (Å²) >= 11 is 9.35. The molecule has 1 heterocycles. The van der Waals surface area contributed by atoms with Crippen LogP contribution in [-0.4, -0.2) is 19.2 Å². The number of benzene rings is 2. The van der Waals surface area contributed by atoms with Crippen molar-refractivity contribution in [2.45, 2.75) is 28.8 Å². The van der Waals surface area contributed by atoms with Gasteiger partial charge in [0.2, 0.25) is 0 Å². The lowest BCUT2D eigenvalue weighted by atomic mass is 10.2. The van der Waals surface area contributed by atoms with E-state index >= 15 is 0 Å². The number of aromatic nitrogens is 1. The number of hydrogen-bond acceptors (Lipinski definition) is 5. The first-order valence-electron chi connectivity index (χ1n) is 7.41. The standard InChI is InChI=1S/C17H16ClNO2S3/c1-3-22-17-19-14-8-7-12(9-15(14)23-17)10-24(20,21)16-6-4-5-13(18)11(16)2/h4-9H,3,10H2,1-2H3. The highest BCUT2D eigenvalue weighted by atomic mass is 35.5. The van der Waals surface area contributed by atoms with E-state index in [1.165, 1.54) is 0 Å². The maximum absolute atomic E-state index is 12.7. The minimum Gasteiger partial charge on any atom is -0.230 e. The summed E-state index contributed by atoms with van der Waals surface area (Å²) in [6.07, 6.45) is 0. The largest absolute Gasteiger partial charge is 0.230 e. The summed E-state index contributed by atoms with van der Waals surface area (Å²) in [6, 6.07) is 10.6. The fourth-order valence-electron chi connectivity index (χ4n) is 2.44. The molecule has 0 radical (unpaired) electrons. The summed E-state index contributed by atoms with van der Waals surface area (Å²) in [5.74, 6) is 0.924. The van der Waals surface area contributed by atoms with E-state index in [9.17, 15) is 8.42 Å². The number of sulfone groups is 1. The van der Waals surface area contributed by atoms with Crippen molar-refractivity contribution in [3.05, 3.63) is 52.5 Å². The molecule has 0 bridgehead atoms. The van der Waals surface area contributed by atoms with Gasteiger partial charge in [-0.2, -0.15) is 0 Å². The number of thioether (sulfide) groups is 1. The van der Waals surface area contributed by atoms with Crippen LogP contribution in [0.15, 0.2) is 45.6 Å². The molecule has 3 rings (SSSR count). The highest BCUT2D eigenvalue weighted by Gasteiger charge is 2.19. The van der Waals surface area contributed by atoms with E-state index in [0.29, 0.717) is 15.5 Å². The molecule has 0 amide bonds. The second kappa shape index (κ2) is 7.04. The smallest absolute Gasteiger partial charge is 0.182 e. The van der Waals surface area contributed by atoms with Gasteiger partial charge in [-0.3, -0.25) is 0 Å². The van der Waals surface area contributed by atoms with Crippen LogP contribution in [0.25, 0.3) is 10.2 Å². The van der Waals surface area contributed by atoms with Gasteiger partial charge in [0.25, 0.3) is 0 Å². The number of hydrogen-bond donors (Lipinski definition) is 0. The lowest BCUT2D eigenvalue weighted by Gasteiger charge is -2.09. The molecular weight excluding hydrogens is 382 g/mol. The minimum absolute atomic E-state index is 0.0434. The molecule has 0 aliphatic rings. The summed E-state index contributed by atoms with van der Waals surface area (Å²) in [4.78, 5) is 4.83. The highest BCUT2D eigenvalue weighted by Crippen LogP contribution is 2.31. The minimum atomic E-state index is -3.44. The van der Waals surface area contributed by atoms with E-state index in [1.807, 2.05) is 18.2 Å². The van der Waals surface area contributed by atoms with Crippen molar-refractivity contribution in [2.24, 2.45) is 0 Å². The van der Waals surface area contributed by atoms with Crippen LogP contribution in [0.1, 0.15) is 18.1 Å². The Morgan fingerprint density at radius 1 is 1.25 bits per heavy atom. The zero-order chi connectivity index (χ0) is 17.3. The van der Waals surface area contributed by atoms with Crippen LogP contribution in [0.3, 0.4) is 0 Å². The van der Waals surface area contributed by atoms with Crippen molar-refractivity contribution < 1.29 is 8.42 Å². The molecule has 2 aromatic carbocycles. The average molecular weight is 398 g/mol. The molecule has 3 aromatic rings. The first-order chi connectivity index (χ1) is 11.4. The van der Waals surface area contributed by atoms with Crippen LogP contribution in [-0.2, 0) is 15.6 Å². The quantitative estimate of drug-likeness (QED) is 0.545. The Morgan fingerprint density at radius 2 is 2.04 bits per heavy atom. The van der Waals surface area contributed by atoms with Gasteiger partial charge in [0.05, 0.1) is 20.9 Å². The van der Waals surface area contributed by atoms with Crippen molar-refractivity contribution in [3.8, 4) is 0 Å². The van der Waals surface area contributed by atoms with Gasteiger partial charge < -0.3 is 0 Å². The van der Waals surface area contributed by atoms with Crippen LogP contribution in [0.5, 0.6) is 0 Å². The first-order valence-corrected chi connectivity index (χ1v) is 11.2. The first kappa shape index (κ1) is 17.7. The molecule has 0 N–H and O–H groups in total. The Kier molecular flexibility index (Phi) is 5.20. The topological polar surface area (TPSA) is 47.0 Å². The molecule has 1 aromatic heterocycles. The van der Waals surface area contributed by atoms with Crippen LogP contribution >= 0.6 is 34.7 Å². The highest BCUT2D eigenvalue weighted by molar-refractivity contribution is 8.01. The van der Waals surface area contributed by atoms with Gasteiger partial charge in [-0.1, -0.05) is 42.4 Å². The van der Waals surface area contributed by atoms with Gasteiger partial charge in [-0.25, -0.2) is 13.4 Å². The van der Waals surface area contributed by atoms with E-state index in [2.05, 4.69) is 11.9 Å². The molecule has 7 heteroatoms. The van der Waals surface area contributed by atoms with E-state index < -0.39 is 9.84 Å². The van der Waals surface area contributed by atoms with Crippen molar-refractivity contribution in [3.63, 3.8) is 0 Å². The fourth-order valence-corrected chi connectivity index (χ4v) is 6.34. The van der Waals surface area contributed by atoms with Crippen molar-refractivity contribution in [1.29, 1.82) is 0 Å². The van der Waals surface area contributed by atoms with Crippen LogP contribution in [0, 0.1) is 6.92 Å². The molecule has 0 aliphatic carbocycles. The van der Waals surface area contributed by atoms with E-state index in [-0.39, 0.29) is 5.75 Å². The number of thiazole rings is 1. The molecule has 0 saturated heterocycles. The molecule has 0 aliphatic heterocycles. The number of rotatable bonds is 5. The Bertz CT molecular complexity index is 996. The third-order valence-electron chi connectivity index (χ3n) is 3.61. The summed E-state index contributed by atoms with van der Waals surface area (Å²) < 4.78 is 27.5. The van der Waals surface area contributed by atoms with Crippen molar-refractivity contribution >= 4 is 54.8 Å². The predicted octanol–water partition coefficient (Wildman–Crippen LogP) is 5.34. The predicted molar refractivity (Wildman–Crippen MR) is 103 cm³/mol. The summed E-state index contributed by atoms with van der Waals surface area (Å²) in [6.45, 7) is 3.82. The normalized spacial score (nSPS) is 12.0. The van der Waals surface area contributed by atoms with Gasteiger partial charge in [-0.05, 0) is 48.1 Å². The van der Waals surface area contributed by atoms with Crippen LogP contribution in [0.2, 0.25) is 5.02 Å². The second-order valence-electron chi connectivity index (χ2n) is 5.34. The molecule has 0 spiro atoms. The van der Waals surface area contributed by atoms with Gasteiger partial charge in [0.1, 0.15) is 0 Å². The SMILES string of the molecule is CCSc1nc2ccc(CS(=O)(=O)c3cccc(Cl)c3C)cc2s1. The average Bonchev–Trinajstić information content (AvgIpc) is 2.91. The van der Waals surface area contributed by atoms with Gasteiger partial charge in [0.15, 0.2) is 14.2 Å². The Hall–Kier alpha value is -1.08. The summed E-state index contributed by atoms with van der Waals surface area (Å²) in [5, 5.41) is 0.468. The molecule has 126 valence electrons. The third kappa shape index (κ3) is 3.61. The third-order valence-corrected chi connectivity index (χ3v) is 7.89. The fraction of sp³-hybridized carbons (Fsp3) is 0.235. The van der Waals surface area contributed by atoms with Gasteiger partial charge >= 0.3 is 0 Å². The summed E-state index contributed by atoms with van der Waals surface area (Å²) in [5.41, 5.74) is 2.27. The Balaban J connectivity index is 1.94. The van der Waals surface area contributed by atoms with Crippen LogP contribution in [0.4, 0.5) is 0 Å². The zero-order valence-electron chi connectivity index (χ0n) is 13.2. The molecule has 0 atom stereocenters. The lowest BCUT2D eigenvalue weighted by molar-refractivity contribution is 0.594. The monoisotopic (exact) mass is 397 g/mol. The maximum atomic E-state index is 12.7. The molecule has 0 saturated carbocycles. The molecule has 0 unspecified atom stereocenters. The molecular formula is C17H16ClNO2S3.